The van der Waals surface area contributed by atoms with Gasteiger partial charge in [0.25, 0.3) is 6.43 Å². The molecule has 0 bridgehead atoms. The van der Waals surface area contributed by atoms with Crippen LogP contribution in [0.25, 0.3) is 0 Å². The first kappa shape index (κ1) is 12.8. The van der Waals surface area contributed by atoms with E-state index >= 15 is 0 Å². The van der Waals surface area contributed by atoms with Gasteiger partial charge in [-0.1, -0.05) is 0 Å². The molecule has 1 aromatic rings. The van der Waals surface area contributed by atoms with Gasteiger partial charge in [0.2, 0.25) is 10.0 Å². The molecule has 1 aromatic carbocycles. The Morgan fingerprint density at radius 3 is 2.56 bits per heavy atom. The first-order chi connectivity index (χ1) is 7.33. The molecule has 4 nitrogen and oxygen atoms in total. The highest BCUT2D eigenvalue weighted by Crippen LogP contribution is 2.18. The van der Waals surface area contributed by atoms with E-state index in [9.17, 15) is 21.6 Å². The molecule has 0 aromatic heterocycles. The van der Waals surface area contributed by atoms with Crippen molar-refractivity contribution in [2.24, 2.45) is 0 Å². The Balaban J connectivity index is 3.02. The molecule has 0 atom stereocenters. The average Bonchev–Trinajstić information content (AvgIpc) is 2.19. The number of nitrogens with two attached hydrogens (primary N) is 1. The van der Waals surface area contributed by atoms with Crippen LogP contribution in [0.3, 0.4) is 0 Å². The Kier molecular flexibility index (Phi) is 3.76. The van der Waals surface area contributed by atoms with Gasteiger partial charge in [-0.15, -0.1) is 0 Å². The summed E-state index contributed by atoms with van der Waals surface area (Å²) in [4.78, 5) is -0.548. The van der Waals surface area contributed by atoms with Gasteiger partial charge in [-0.3, -0.25) is 0 Å². The lowest BCUT2D eigenvalue weighted by Crippen LogP contribution is -2.29. The smallest absolute Gasteiger partial charge is 0.251 e. The van der Waals surface area contributed by atoms with E-state index in [0.717, 1.165) is 12.1 Å². The van der Waals surface area contributed by atoms with Crippen molar-refractivity contribution in [3.05, 3.63) is 24.0 Å². The van der Waals surface area contributed by atoms with Crippen LogP contribution in [0.2, 0.25) is 0 Å². The van der Waals surface area contributed by atoms with Crippen molar-refractivity contribution in [3.63, 3.8) is 0 Å². The fourth-order valence-electron chi connectivity index (χ4n) is 0.991. The monoisotopic (exact) mass is 254 g/mol. The molecule has 0 amide bonds. The zero-order chi connectivity index (χ0) is 12.3. The molecule has 0 saturated carbocycles. The molecule has 0 radical (unpaired) electrons. The Morgan fingerprint density at radius 1 is 1.38 bits per heavy atom. The first-order valence-electron chi connectivity index (χ1n) is 4.16. The number of anilines is 1. The standard InChI is InChI=1S/C8H9F3N2O2S/c9-5-1-2-6(12)7(3-5)16(14,15)13-4-8(10)11/h1-3,8,13H,4,12H2. The summed E-state index contributed by atoms with van der Waals surface area (Å²) in [6.45, 7) is -1.04. The van der Waals surface area contributed by atoms with Gasteiger partial charge in [-0.25, -0.2) is 26.3 Å². The van der Waals surface area contributed by atoms with E-state index in [4.69, 9.17) is 5.73 Å². The van der Waals surface area contributed by atoms with Gasteiger partial charge >= 0.3 is 0 Å². The fourth-order valence-corrected chi connectivity index (χ4v) is 2.14. The predicted molar refractivity (Wildman–Crippen MR) is 52.0 cm³/mol. The number of alkyl halides is 2. The highest BCUT2D eigenvalue weighted by molar-refractivity contribution is 7.89. The number of nitrogen functional groups attached to an aromatic ring is 1. The second kappa shape index (κ2) is 4.71. The van der Waals surface area contributed by atoms with Gasteiger partial charge in [0, 0.05) is 0 Å². The van der Waals surface area contributed by atoms with Crippen LogP contribution in [-0.4, -0.2) is 21.4 Å². The second-order valence-corrected chi connectivity index (χ2v) is 4.66. The number of hydrogen-bond donors (Lipinski definition) is 2. The van der Waals surface area contributed by atoms with Gasteiger partial charge < -0.3 is 5.73 Å². The molecule has 1 rings (SSSR count). The highest BCUT2D eigenvalue weighted by Gasteiger charge is 2.19. The zero-order valence-corrected chi connectivity index (χ0v) is 8.77. The van der Waals surface area contributed by atoms with Crippen LogP contribution in [0, 0.1) is 5.82 Å². The highest BCUT2D eigenvalue weighted by atomic mass is 32.2. The van der Waals surface area contributed by atoms with Crippen molar-refractivity contribution >= 4 is 15.7 Å². The van der Waals surface area contributed by atoms with Gasteiger partial charge in [-0.05, 0) is 18.2 Å². The topological polar surface area (TPSA) is 72.2 Å². The number of sulfonamides is 1. The van der Waals surface area contributed by atoms with Gasteiger partial charge in [0.1, 0.15) is 10.7 Å². The number of rotatable bonds is 4. The third-order valence-electron chi connectivity index (χ3n) is 1.69. The number of hydrogen-bond acceptors (Lipinski definition) is 3. The summed E-state index contributed by atoms with van der Waals surface area (Å²) in [5.74, 6) is -0.813. The van der Waals surface area contributed by atoms with Crippen LogP contribution in [-0.2, 0) is 10.0 Å². The Morgan fingerprint density at radius 2 is 2.00 bits per heavy atom. The normalized spacial score (nSPS) is 12.0. The molecule has 90 valence electrons. The zero-order valence-electron chi connectivity index (χ0n) is 7.95. The number of benzene rings is 1. The summed E-state index contributed by atoms with van der Waals surface area (Å²) >= 11 is 0. The summed E-state index contributed by atoms with van der Waals surface area (Å²) in [6, 6.07) is 2.69. The lowest BCUT2D eigenvalue weighted by atomic mass is 10.3. The quantitative estimate of drug-likeness (QED) is 0.786. The van der Waals surface area contributed by atoms with Crippen molar-refractivity contribution in [2.75, 3.05) is 12.3 Å². The maximum atomic E-state index is 12.8. The third-order valence-corrected chi connectivity index (χ3v) is 3.17. The van der Waals surface area contributed by atoms with E-state index < -0.39 is 33.7 Å². The van der Waals surface area contributed by atoms with E-state index in [1.807, 2.05) is 0 Å². The summed E-state index contributed by atoms with van der Waals surface area (Å²) in [5.41, 5.74) is 5.10. The predicted octanol–water partition coefficient (Wildman–Crippen LogP) is 0.951. The Hall–Kier alpha value is -1.28. The third kappa shape index (κ3) is 3.11. The summed E-state index contributed by atoms with van der Waals surface area (Å²) < 4.78 is 60.9. The summed E-state index contributed by atoms with van der Waals surface area (Å²) in [6.07, 6.45) is -2.83. The van der Waals surface area contributed by atoms with Crippen LogP contribution < -0.4 is 10.5 Å². The van der Waals surface area contributed by atoms with E-state index in [-0.39, 0.29) is 5.69 Å². The van der Waals surface area contributed by atoms with Crippen molar-refractivity contribution in [3.8, 4) is 0 Å². The lowest BCUT2D eigenvalue weighted by molar-refractivity contribution is 0.153. The van der Waals surface area contributed by atoms with Crippen LogP contribution in [0.1, 0.15) is 0 Å². The minimum atomic E-state index is -4.20. The molecule has 0 fully saturated rings. The second-order valence-electron chi connectivity index (χ2n) is 2.93. The molecule has 0 aliphatic rings. The maximum absolute atomic E-state index is 12.8. The van der Waals surface area contributed by atoms with Gasteiger partial charge in [0.15, 0.2) is 0 Å². The number of halogens is 3. The molecule has 3 N–H and O–H groups in total. The van der Waals surface area contributed by atoms with Crippen molar-refractivity contribution < 1.29 is 21.6 Å². The Labute approximate surface area is 90.3 Å². The molecule has 0 aliphatic heterocycles. The minimum absolute atomic E-state index is 0.205. The fraction of sp³-hybridized carbons (Fsp3) is 0.250. The largest absolute Gasteiger partial charge is 0.398 e. The van der Waals surface area contributed by atoms with E-state index in [1.54, 1.807) is 4.72 Å². The lowest BCUT2D eigenvalue weighted by Gasteiger charge is -2.08. The SMILES string of the molecule is Nc1ccc(F)cc1S(=O)(=O)NCC(F)F. The molecular formula is C8H9F3N2O2S. The van der Waals surface area contributed by atoms with Gasteiger partial charge in [0.05, 0.1) is 12.2 Å². The van der Waals surface area contributed by atoms with Crippen LogP contribution in [0.4, 0.5) is 18.9 Å². The minimum Gasteiger partial charge on any atom is -0.398 e. The molecule has 0 heterocycles. The average molecular weight is 254 g/mol. The molecule has 0 saturated heterocycles. The maximum Gasteiger partial charge on any atom is 0.251 e. The summed E-state index contributed by atoms with van der Waals surface area (Å²) in [7, 11) is -4.20. The number of nitrogens with one attached hydrogen (secondary N) is 1. The Bertz CT molecular complexity index is 476. The molecular weight excluding hydrogens is 245 g/mol. The molecule has 16 heavy (non-hydrogen) atoms. The van der Waals surface area contributed by atoms with Crippen molar-refractivity contribution in [1.82, 2.24) is 4.72 Å². The van der Waals surface area contributed by atoms with Crippen LogP contribution in [0.15, 0.2) is 23.1 Å². The molecule has 0 spiro atoms. The van der Waals surface area contributed by atoms with E-state index in [2.05, 4.69) is 0 Å². The van der Waals surface area contributed by atoms with E-state index in [0.29, 0.717) is 6.07 Å². The first-order valence-corrected chi connectivity index (χ1v) is 5.64. The molecule has 8 heteroatoms. The van der Waals surface area contributed by atoms with Crippen molar-refractivity contribution in [1.29, 1.82) is 0 Å². The van der Waals surface area contributed by atoms with Crippen LogP contribution >= 0.6 is 0 Å². The van der Waals surface area contributed by atoms with Crippen molar-refractivity contribution in [2.45, 2.75) is 11.3 Å². The molecule has 0 aliphatic carbocycles. The summed E-state index contributed by atoms with van der Waals surface area (Å²) in [5, 5.41) is 0. The van der Waals surface area contributed by atoms with Gasteiger partial charge in [-0.2, -0.15) is 0 Å². The van der Waals surface area contributed by atoms with Crippen LogP contribution in [0.5, 0.6) is 0 Å². The van der Waals surface area contributed by atoms with E-state index in [1.165, 1.54) is 0 Å². The molecule has 0 unspecified atom stereocenters.